The van der Waals surface area contributed by atoms with Gasteiger partial charge in [0.15, 0.2) is 0 Å². The molecular weight excluding hydrogens is 208 g/mol. The molecule has 0 aromatic heterocycles. The summed E-state index contributed by atoms with van der Waals surface area (Å²) in [5.74, 6) is 2.44. The van der Waals surface area contributed by atoms with Crippen LogP contribution in [0.5, 0.6) is 0 Å². The van der Waals surface area contributed by atoms with Gasteiger partial charge in [0, 0.05) is 18.9 Å². The van der Waals surface area contributed by atoms with Crippen molar-refractivity contribution in [3.63, 3.8) is 0 Å². The minimum absolute atomic E-state index is 0.111. The van der Waals surface area contributed by atoms with Crippen LogP contribution in [0.25, 0.3) is 0 Å². The van der Waals surface area contributed by atoms with E-state index in [1.807, 2.05) is 7.11 Å². The quantitative estimate of drug-likeness (QED) is 0.703. The molecule has 0 amide bonds. The Morgan fingerprint density at radius 3 is 1.94 bits per heavy atom. The van der Waals surface area contributed by atoms with Crippen molar-refractivity contribution in [1.29, 1.82) is 0 Å². The summed E-state index contributed by atoms with van der Waals surface area (Å²) < 4.78 is 6.05. The second-order valence-electron chi connectivity index (χ2n) is 5.52. The van der Waals surface area contributed by atoms with Gasteiger partial charge in [-0.15, -0.1) is 0 Å². The average molecular weight is 228 g/mol. The first-order chi connectivity index (χ1) is 8.21. The van der Waals surface area contributed by atoms with Crippen LogP contribution in [0.2, 0.25) is 0 Å². The highest BCUT2D eigenvalue weighted by Gasteiger charge is 2.59. The maximum atomic E-state index is 6.05. The maximum absolute atomic E-state index is 6.05. The minimum atomic E-state index is -0.111. The monoisotopic (exact) mass is 228 g/mol. The molecule has 0 aliphatic heterocycles. The van der Waals surface area contributed by atoms with Crippen LogP contribution in [0.3, 0.4) is 0 Å². The van der Waals surface area contributed by atoms with Crippen molar-refractivity contribution < 1.29 is 4.74 Å². The number of benzene rings is 1. The van der Waals surface area contributed by atoms with Crippen LogP contribution < -0.4 is 0 Å². The fourth-order valence-corrected chi connectivity index (χ4v) is 4.01. The van der Waals surface area contributed by atoms with Gasteiger partial charge in [0.2, 0.25) is 0 Å². The van der Waals surface area contributed by atoms with Gasteiger partial charge >= 0.3 is 0 Å². The lowest BCUT2D eigenvalue weighted by Crippen LogP contribution is -2.35. The van der Waals surface area contributed by atoms with E-state index in [1.165, 1.54) is 5.56 Å². The maximum Gasteiger partial charge on any atom is 0.106 e. The molecule has 2 bridgehead atoms. The van der Waals surface area contributed by atoms with Gasteiger partial charge in [-0.1, -0.05) is 56.3 Å². The highest BCUT2D eigenvalue weighted by atomic mass is 16.5. The van der Waals surface area contributed by atoms with E-state index < -0.39 is 0 Å². The first-order valence-electron chi connectivity index (χ1n) is 6.51. The number of ether oxygens (including phenoxy) is 1. The van der Waals surface area contributed by atoms with Crippen molar-refractivity contribution in [2.24, 2.45) is 23.7 Å². The zero-order valence-corrected chi connectivity index (χ0v) is 10.8. The molecule has 1 fully saturated rings. The van der Waals surface area contributed by atoms with Crippen LogP contribution in [0.4, 0.5) is 0 Å². The van der Waals surface area contributed by atoms with Gasteiger partial charge in [-0.3, -0.25) is 0 Å². The molecule has 0 spiro atoms. The largest absolute Gasteiger partial charge is 0.372 e. The van der Waals surface area contributed by atoms with E-state index in [2.05, 4.69) is 56.3 Å². The summed E-state index contributed by atoms with van der Waals surface area (Å²) in [4.78, 5) is 0. The first kappa shape index (κ1) is 11.0. The van der Waals surface area contributed by atoms with Gasteiger partial charge in [0.1, 0.15) is 5.60 Å². The van der Waals surface area contributed by atoms with Crippen molar-refractivity contribution in [1.82, 2.24) is 0 Å². The molecule has 1 nitrogen and oxygen atoms in total. The number of fused-ring (bicyclic) bond motifs is 2. The summed E-state index contributed by atoms with van der Waals surface area (Å²) in [6, 6.07) is 10.7. The minimum Gasteiger partial charge on any atom is -0.372 e. The first-order valence-corrected chi connectivity index (χ1v) is 6.51. The molecular formula is C16H20O. The molecule has 90 valence electrons. The Bertz CT molecular complexity index is 416. The Labute approximate surface area is 103 Å². The van der Waals surface area contributed by atoms with Crippen LogP contribution in [-0.4, -0.2) is 7.11 Å². The summed E-state index contributed by atoms with van der Waals surface area (Å²) >= 11 is 0. The van der Waals surface area contributed by atoms with Crippen molar-refractivity contribution in [2.45, 2.75) is 19.4 Å². The molecule has 5 atom stereocenters. The Morgan fingerprint density at radius 2 is 1.47 bits per heavy atom. The number of hydrogen-bond donors (Lipinski definition) is 0. The van der Waals surface area contributed by atoms with Crippen LogP contribution >= 0.6 is 0 Å². The summed E-state index contributed by atoms with van der Waals surface area (Å²) in [6.07, 6.45) is 4.73. The number of hydrogen-bond acceptors (Lipinski definition) is 1. The Hall–Kier alpha value is -1.08. The average Bonchev–Trinajstić information content (AvgIpc) is 2.85. The number of methoxy groups -OCH3 is 1. The van der Waals surface area contributed by atoms with E-state index in [0.29, 0.717) is 23.7 Å². The lowest BCUT2D eigenvalue weighted by molar-refractivity contribution is -0.0534. The molecule has 0 saturated heterocycles. The molecule has 1 aromatic carbocycles. The molecule has 1 aromatic rings. The van der Waals surface area contributed by atoms with Crippen molar-refractivity contribution in [3.8, 4) is 0 Å². The van der Waals surface area contributed by atoms with Gasteiger partial charge in [-0.2, -0.15) is 0 Å². The lowest BCUT2D eigenvalue weighted by atomic mass is 9.81. The van der Waals surface area contributed by atoms with E-state index in [4.69, 9.17) is 4.74 Å². The Balaban J connectivity index is 2.12. The smallest absolute Gasteiger partial charge is 0.106 e. The summed E-state index contributed by atoms with van der Waals surface area (Å²) in [5, 5.41) is 0. The molecule has 2 aliphatic rings. The third-order valence-corrected chi connectivity index (χ3v) is 5.04. The predicted octanol–water partition coefficient (Wildman–Crippen LogP) is 3.62. The molecule has 0 N–H and O–H groups in total. The normalized spacial score (nSPS) is 43.2. The SMILES string of the molecule is COC1(c2ccccc2)[C@@H]2C=C[C@H]1[C@@H](C)[C@H]2C. The zero-order valence-electron chi connectivity index (χ0n) is 10.8. The van der Waals surface area contributed by atoms with Crippen molar-refractivity contribution in [3.05, 3.63) is 48.0 Å². The third kappa shape index (κ3) is 1.23. The molecule has 2 aliphatic carbocycles. The van der Waals surface area contributed by atoms with Crippen molar-refractivity contribution >= 4 is 0 Å². The molecule has 0 heterocycles. The van der Waals surface area contributed by atoms with E-state index in [1.54, 1.807) is 0 Å². The fourth-order valence-electron chi connectivity index (χ4n) is 4.01. The fraction of sp³-hybridized carbons (Fsp3) is 0.500. The molecule has 1 unspecified atom stereocenters. The Morgan fingerprint density at radius 1 is 0.941 bits per heavy atom. The molecule has 1 saturated carbocycles. The van der Waals surface area contributed by atoms with E-state index in [9.17, 15) is 0 Å². The number of rotatable bonds is 2. The van der Waals surface area contributed by atoms with Crippen molar-refractivity contribution in [2.75, 3.05) is 7.11 Å². The van der Waals surface area contributed by atoms with Gasteiger partial charge in [-0.25, -0.2) is 0 Å². The van der Waals surface area contributed by atoms with Gasteiger partial charge in [0.05, 0.1) is 0 Å². The topological polar surface area (TPSA) is 9.23 Å². The van der Waals surface area contributed by atoms with Gasteiger partial charge in [0.25, 0.3) is 0 Å². The zero-order chi connectivity index (χ0) is 12.0. The Kier molecular flexibility index (Phi) is 2.41. The van der Waals surface area contributed by atoms with E-state index in [0.717, 1.165) is 0 Å². The van der Waals surface area contributed by atoms with E-state index in [-0.39, 0.29) is 5.60 Å². The molecule has 0 radical (unpaired) electrons. The molecule has 3 rings (SSSR count). The highest BCUT2D eigenvalue weighted by Crippen LogP contribution is 2.60. The van der Waals surface area contributed by atoms with E-state index >= 15 is 0 Å². The lowest BCUT2D eigenvalue weighted by Gasteiger charge is -2.34. The summed E-state index contributed by atoms with van der Waals surface area (Å²) in [7, 11) is 1.87. The predicted molar refractivity (Wildman–Crippen MR) is 69.6 cm³/mol. The molecule has 1 heteroatoms. The van der Waals surface area contributed by atoms with Crippen LogP contribution in [0.1, 0.15) is 19.4 Å². The van der Waals surface area contributed by atoms with Gasteiger partial charge < -0.3 is 4.74 Å². The molecule has 17 heavy (non-hydrogen) atoms. The second kappa shape index (κ2) is 3.71. The van der Waals surface area contributed by atoms with Crippen LogP contribution in [0, 0.1) is 23.7 Å². The van der Waals surface area contributed by atoms with Crippen LogP contribution in [-0.2, 0) is 10.3 Å². The van der Waals surface area contributed by atoms with Gasteiger partial charge in [-0.05, 0) is 17.4 Å². The van der Waals surface area contributed by atoms with Crippen LogP contribution in [0.15, 0.2) is 42.5 Å². The third-order valence-electron chi connectivity index (χ3n) is 5.04. The summed E-state index contributed by atoms with van der Waals surface area (Å²) in [5.41, 5.74) is 1.22. The summed E-state index contributed by atoms with van der Waals surface area (Å²) in [6.45, 7) is 4.71. The second-order valence-corrected chi connectivity index (χ2v) is 5.52. The standard InChI is InChI=1S/C16H20O/c1-11-12(2)15-10-9-14(11)16(15,17-3)13-7-5-4-6-8-13/h4-12,14-15H,1-3H3/t11-,12+,14-,15+,16?. The highest BCUT2D eigenvalue weighted by molar-refractivity contribution is 5.35.